The number of piperidine rings is 1. The lowest BCUT2D eigenvalue weighted by Crippen LogP contribution is -2.46. The number of hydrogen-bond donors (Lipinski definition) is 1. The van der Waals surface area contributed by atoms with E-state index in [1.54, 1.807) is 25.7 Å². The first kappa shape index (κ1) is 19.0. The van der Waals surface area contributed by atoms with Gasteiger partial charge in [0.1, 0.15) is 5.60 Å². The largest absolute Gasteiger partial charge is 0.444 e. The van der Waals surface area contributed by atoms with Crippen molar-refractivity contribution in [1.82, 2.24) is 4.90 Å². The van der Waals surface area contributed by atoms with Crippen LogP contribution >= 0.6 is 0 Å². The molecule has 3 rings (SSSR count). The third-order valence-corrected chi connectivity index (χ3v) is 5.33. The first-order chi connectivity index (χ1) is 11.9. The number of halogens is 3. The van der Waals surface area contributed by atoms with Crippen molar-refractivity contribution in [2.75, 3.05) is 13.1 Å². The highest BCUT2D eigenvalue weighted by atomic mass is 19.4. The van der Waals surface area contributed by atoms with E-state index in [1.807, 2.05) is 0 Å². The second kappa shape index (κ2) is 6.15. The molecule has 1 aliphatic heterocycles. The van der Waals surface area contributed by atoms with Crippen LogP contribution in [0.15, 0.2) is 18.2 Å². The fraction of sp³-hybridized carbons (Fsp3) is 0.632. The van der Waals surface area contributed by atoms with Crippen LogP contribution in [0.1, 0.15) is 62.8 Å². The van der Waals surface area contributed by atoms with Gasteiger partial charge in [-0.25, -0.2) is 4.79 Å². The fourth-order valence-corrected chi connectivity index (χ4v) is 4.07. The second-order valence-electron chi connectivity index (χ2n) is 8.36. The summed E-state index contributed by atoms with van der Waals surface area (Å²) in [5.74, 6) is 0. The quantitative estimate of drug-likeness (QED) is 0.737. The summed E-state index contributed by atoms with van der Waals surface area (Å²) < 4.78 is 44.8. The molecule has 26 heavy (non-hydrogen) atoms. The number of amides is 1. The molecule has 1 fully saturated rings. The van der Waals surface area contributed by atoms with Crippen molar-refractivity contribution in [2.24, 2.45) is 5.73 Å². The summed E-state index contributed by atoms with van der Waals surface area (Å²) in [5, 5.41) is 0. The van der Waals surface area contributed by atoms with Gasteiger partial charge in [0, 0.05) is 24.5 Å². The highest BCUT2D eigenvalue weighted by Crippen LogP contribution is 2.51. The molecule has 1 aliphatic carbocycles. The Bertz CT molecular complexity index is 702. The minimum Gasteiger partial charge on any atom is -0.444 e. The molecule has 7 heteroatoms. The first-order valence-corrected chi connectivity index (χ1v) is 8.86. The van der Waals surface area contributed by atoms with Crippen LogP contribution in [0.4, 0.5) is 18.0 Å². The van der Waals surface area contributed by atoms with E-state index in [-0.39, 0.29) is 12.1 Å². The molecule has 1 aromatic carbocycles. The summed E-state index contributed by atoms with van der Waals surface area (Å²) in [4.78, 5) is 13.9. The average Bonchev–Trinajstić information content (AvgIpc) is 2.77. The van der Waals surface area contributed by atoms with Crippen molar-refractivity contribution >= 4 is 6.09 Å². The normalized spacial score (nSPS) is 22.4. The van der Waals surface area contributed by atoms with Crippen molar-refractivity contribution in [3.63, 3.8) is 0 Å². The number of benzene rings is 1. The summed E-state index contributed by atoms with van der Waals surface area (Å²) in [6.45, 7) is 6.33. The summed E-state index contributed by atoms with van der Waals surface area (Å²) in [7, 11) is 0. The third-order valence-electron chi connectivity index (χ3n) is 5.33. The summed E-state index contributed by atoms with van der Waals surface area (Å²) >= 11 is 0. The molecule has 1 aromatic rings. The first-order valence-electron chi connectivity index (χ1n) is 8.86. The Labute approximate surface area is 151 Å². The average molecular weight is 370 g/mol. The van der Waals surface area contributed by atoms with Gasteiger partial charge in [0.25, 0.3) is 0 Å². The van der Waals surface area contributed by atoms with E-state index in [0.717, 1.165) is 11.6 Å². The van der Waals surface area contributed by atoms with E-state index < -0.39 is 22.8 Å². The minimum atomic E-state index is -4.37. The molecule has 1 amide bonds. The molecule has 144 valence electrons. The Hall–Kier alpha value is -1.76. The topological polar surface area (TPSA) is 55.6 Å². The molecule has 2 N–H and O–H groups in total. The van der Waals surface area contributed by atoms with Crippen LogP contribution in [0.2, 0.25) is 0 Å². The molecule has 0 saturated carbocycles. The van der Waals surface area contributed by atoms with Crippen molar-refractivity contribution in [1.29, 1.82) is 0 Å². The van der Waals surface area contributed by atoms with Gasteiger partial charge in [0.15, 0.2) is 0 Å². The molecule has 4 nitrogen and oxygen atoms in total. The Morgan fingerprint density at radius 1 is 1.23 bits per heavy atom. The molecule has 0 aromatic heterocycles. The van der Waals surface area contributed by atoms with E-state index in [1.165, 1.54) is 12.1 Å². The standard InChI is InChI=1S/C19H25F3N2O2/c1-17(2,3)26-16(25)24-8-6-18(7-9-24)11-15(23)13-5-4-12(10-14(13)18)19(20,21)22/h4-5,10,15H,6-9,11,23H2,1-3H3/t15-/m0/s1. The molecule has 1 heterocycles. The molecule has 2 aliphatic rings. The Morgan fingerprint density at radius 3 is 2.38 bits per heavy atom. The van der Waals surface area contributed by atoms with Gasteiger partial charge in [-0.3, -0.25) is 0 Å². The number of ether oxygens (including phenoxy) is 1. The Balaban J connectivity index is 1.81. The number of rotatable bonds is 0. The number of nitrogens with two attached hydrogens (primary N) is 1. The zero-order valence-corrected chi connectivity index (χ0v) is 15.3. The van der Waals surface area contributed by atoms with Gasteiger partial charge in [0.05, 0.1) is 5.56 Å². The van der Waals surface area contributed by atoms with Gasteiger partial charge in [-0.1, -0.05) is 6.07 Å². The number of fused-ring (bicyclic) bond motifs is 2. The number of carbonyl (C=O) groups excluding carboxylic acids is 1. The molecular weight excluding hydrogens is 345 g/mol. The summed E-state index contributed by atoms with van der Waals surface area (Å²) in [6, 6.07) is 3.61. The molecule has 0 radical (unpaired) electrons. The molecule has 1 spiro atoms. The number of alkyl halides is 3. The van der Waals surface area contributed by atoms with Crippen molar-refractivity contribution in [3.8, 4) is 0 Å². The highest BCUT2D eigenvalue weighted by Gasteiger charge is 2.46. The third kappa shape index (κ3) is 3.54. The van der Waals surface area contributed by atoms with Crippen molar-refractivity contribution in [2.45, 2.75) is 63.3 Å². The van der Waals surface area contributed by atoms with Crippen LogP contribution in [-0.4, -0.2) is 29.7 Å². The van der Waals surface area contributed by atoms with Crippen molar-refractivity contribution in [3.05, 3.63) is 34.9 Å². The van der Waals surface area contributed by atoms with E-state index in [9.17, 15) is 18.0 Å². The monoisotopic (exact) mass is 370 g/mol. The number of likely N-dealkylation sites (tertiary alicyclic amines) is 1. The fourth-order valence-electron chi connectivity index (χ4n) is 4.07. The lowest BCUT2D eigenvalue weighted by molar-refractivity contribution is -0.137. The highest BCUT2D eigenvalue weighted by molar-refractivity contribution is 5.68. The van der Waals surface area contributed by atoms with Crippen LogP contribution in [0.5, 0.6) is 0 Å². The lowest BCUT2D eigenvalue weighted by Gasteiger charge is -2.40. The number of hydrogen-bond acceptors (Lipinski definition) is 3. The van der Waals surface area contributed by atoms with Gasteiger partial charge in [0.2, 0.25) is 0 Å². The SMILES string of the molecule is CC(C)(C)OC(=O)N1CCC2(CC1)C[C@H](N)c1ccc(C(F)(F)F)cc12. The molecule has 1 atom stereocenters. The Morgan fingerprint density at radius 2 is 1.85 bits per heavy atom. The van der Waals surface area contributed by atoms with Crippen molar-refractivity contribution < 1.29 is 22.7 Å². The van der Waals surface area contributed by atoms with E-state index in [4.69, 9.17) is 10.5 Å². The maximum absolute atomic E-state index is 13.1. The maximum Gasteiger partial charge on any atom is 0.416 e. The second-order valence-corrected chi connectivity index (χ2v) is 8.36. The van der Waals surface area contributed by atoms with Gasteiger partial charge >= 0.3 is 12.3 Å². The van der Waals surface area contributed by atoms with Gasteiger partial charge in [-0.05, 0) is 63.3 Å². The van der Waals surface area contributed by atoms with Gasteiger partial charge < -0.3 is 15.4 Å². The zero-order chi connectivity index (χ0) is 19.3. The molecule has 0 unspecified atom stereocenters. The van der Waals surface area contributed by atoms with Crippen LogP contribution in [0.25, 0.3) is 0 Å². The lowest BCUT2D eigenvalue weighted by atomic mass is 9.73. The molecular formula is C19H25F3N2O2. The Kier molecular flexibility index (Phi) is 4.50. The maximum atomic E-state index is 13.1. The van der Waals surface area contributed by atoms with E-state index >= 15 is 0 Å². The van der Waals surface area contributed by atoms with Crippen LogP contribution in [-0.2, 0) is 16.3 Å². The number of nitrogens with zero attached hydrogens (tertiary/aromatic N) is 1. The van der Waals surface area contributed by atoms with Gasteiger partial charge in [-0.15, -0.1) is 0 Å². The van der Waals surface area contributed by atoms with Crippen LogP contribution in [0.3, 0.4) is 0 Å². The van der Waals surface area contributed by atoms with Crippen LogP contribution < -0.4 is 5.73 Å². The smallest absolute Gasteiger partial charge is 0.416 e. The predicted octanol–water partition coefficient (Wildman–Crippen LogP) is 4.38. The van der Waals surface area contributed by atoms with Gasteiger partial charge in [-0.2, -0.15) is 13.2 Å². The molecule has 1 saturated heterocycles. The van der Waals surface area contributed by atoms with E-state index in [2.05, 4.69) is 0 Å². The minimum absolute atomic E-state index is 0.264. The predicted molar refractivity (Wildman–Crippen MR) is 91.7 cm³/mol. The van der Waals surface area contributed by atoms with E-state index in [0.29, 0.717) is 37.9 Å². The number of carbonyl (C=O) groups is 1. The van der Waals surface area contributed by atoms with Crippen LogP contribution in [0, 0.1) is 0 Å². The summed E-state index contributed by atoms with van der Waals surface area (Å²) in [5.41, 5.74) is 6.09. The molecule has 0 bridgehead atoms. The zero-order valence-electron chi connectivity index (χ0n) is 15.3. The summed E-state index contributed by atoms with van der Waals surface area (Å²) in [6.07, 6.45) is -2.95.